The van der Waals surface area contributed by atoms with Crippen LogP contribution in [-0.4, -0.2) is 22.0 Å². The number of nitrogens with two attached hydrogens (primary N) is 1. The molecule has 0 fully saturated rings. The Morgan fingerprint density at radius 3 is 2.48 bits per heavy atom. The van der Waals surface area contributed by atoms with Gasteiger partial charge in [0.1, 0.15) is 11.5 Å². The van der Waals surface area contributed by atoms with Gasteiger partial charge in [0.25, 0.3) is 5.91 Å². The number of rotatable bonds is 6. The molecule has 0 bridgehead atoms. The number of benzene rings is 2. The number of carbonyl (C=O) groups is 2. The van der Waals surface area contributed by atoms with Crippen LogP contribution < -0.4 is 21.1 Å². The van der Waals surface area contributed by atoms with Gasteiger partial charge in [-0.15, -0.1) is 0 Å². The second-order valence-electron chi connectivity index (χ2n) is 7.31. The number of pyridine rings is 1. The van der Waals surface area contributed by atoms with Gasteiger partial charge in [-0.3, -0.25) is 4.79 Å². The van der Waals surface area contributed by atoms with Gasteiger partial charge in [0, 0.05) is 11.8 Å². The number of aromatic hydroxyl groups is 1. The van der Waals surface area contributed by atoms with Crippen LogP contribution in [0.1, 0.15) is 41.3 Å². The van der Waals surface area contributed by atoms with Crippen LogP contribution >= 0.6 is 0 Å². The van der Waals surface area contributed by atoms with Crippen molar-refractivity contribution >= 4 is 23.3 Å². The lowest BCUT2D eigenvalue weighted by Gasteiger charge is -2.15. The average molecular weight is 420 g/mol. The van der Waals surface area contributed by atoms with E-state index >= 15 is 0 Å². The Morgan fingerprint density at radius 2 is 1.84 bits per heavy atom. The van der Waals surface area contributed by atoms with E-state index in [1.165, 1.54) is 6.20 Å². The number of hydrogen-bond donors (Lipinski definition) is 4. The summed E-state index contributed by atoms with van der Waals surface area (Å²) in [5.74, 6) is 0.257. The van der Waals surface area contributed by atoms with Gasteiger partial charge in [0.05, 0.1) is 17.4 Å². The number of primary amides is 1. The number of nitrogens with one attached hydrogen (secondary N) is 2. The maximum atomic E-state index is 12.4. The van der Waals surface area contributed by atoms with Gasteiger partial charge in [0.15, 0.2) is 0 Å². The maximum Gasteiger partial charge on any atom is 0.323 e. The van der Waals surface area contributed by atoms with Gasteiger partial charge in [-0.1, -0.05) is 26.0 Å². The van der Waals surface area contributed by atoms with E-state index in [2.05, 4.69) is 15.6 Å². The Morgan fingerprint density at radius 1 is 1.10 bits per heavy atom. The Bertz CT molecular complexity index is 1110. The molecule has 0 radical (unpaired) electrons. The van der Waals surface area contributed by atoms with Crippen LogP contribution in [0.4, 0.5) is 16.2 Å². The molecule has 0 unspecified atom stereocenters. The standard InChI is InChI=1S/C23H24N4O4/c1-13(2)17-11-18(14(3)10-19(17)28)27-23(30)26-15-8-9-21(25-12-15)31-20-7-5-4-6-16(20)22(24)29/h4-13,28H,1-3H3,(H2,24,29)(H2,26,27,30). The van der Waals surface area contributed by atoms with E-state index in [-0.39, 0.29) is 23.1 Å². The predicted molar refractivity (Wildman–Crippen MR) is 119 cm³/mol. The zero-order valence-electron chi connectivity index (χ0n) is 17.5. The number of hydrogen-bond acceptors (Lipinski definition) is 5. The molecule has 3 amide bonds. The summed E-state index contributed by atoms with van der Waals surface area (Å²) >= 11 is 0. The van der Waals surface area contributed by atoms with Crippen LogP contribution in [-0.2, 0) is 0 Å². The van der Waals surface area contributed by atoms with E-state index in [9.17, 15) is 14.7 Å². The van der Waals surface area contributed by atoms with Crippen molar-refractivity contribution in [1.29, 1.82) is 0 Å². The number of phenols is 1. The minimum atomic E-state index is -0.601. The van der Waals surface area contributed by atoms with E-state index in [4.69, 9.17) is 10.5 Å². The van der Waals surface area contributed by atoms with Crippen LogP contribution in [0.25, 0.3) is 0 Å². The van der Waals surface area contributed by atoms with Crippen LogP contribution in [0.2, 0.25) is 0 Å². The summed E-state index contributed by atoms with van der Waals surface area (Å²) < 4.78 is 5.62. The molecule has 3 rings (SSSR count). The Hall–Kier alpha value is -4.07. The third kappa shape index (κ3) is 5.30. The molecule has 160 valence electrons. The van der Waals surface area contributed by atoms with E-state index in [0.29, 0.717) is 17.1 Å². The number of phenolic OH excluding ortho intramolecular Hbond substituents is 1. The Labute approximate surface area is 180 Å². The zero-order chi connectivity index (χ0) is 22.5. The van der Waals surface area contributed by atoms with Crippen molar-refractivity contribution in [1.82, 2.24) is 4.98 Å². The molecule has 8 nitrogen and oxygen atoms in total. The molecule has 5 N–H and O–H groups in total. The lowest BCUT2D eigenvalue weighted by Crippen LogP contribution is -2.20. The minimum Gasteiger partial charge on any atom is -0.508 e. The molecule has 0 aliphatic heterocycles. The number of aryl methyl sites for hydroxylation is 1. The monoisotopic (exact) mass is 420 g/mol. The molecule has 0 saturated heterocycles. The maximum absolute atomic E-state index is 12.4. The Kier molecular flexibility index (Phi) is 6.40. The summed E-state index contributed by atoms with van der Waals surface area (Å²) in [4.78, 5) is 28.0. The van der Waals surface area contributed by atoms with Gasteiger partial charge in [-0.25, -0.2) is 9.78 Å². The third-order valence-electron chi connectivity index (χ3n) is 4.61. The molecular formula is C23H24N4O4. The molecular weight excluding hydrogens is 396 g/mol. The first-order chi connectivity index (χ1) is 14.7. The van der Waals surface area contributed by atoms with Crippen molar-refractivity contribution in [2.24, 2.45) is 5.73 Å². The summed E-state index contributed by atoms with van der Waals surface area (Å²) in [6, 6.07) is 12.7. The molecule has 8 heteroatoms. The van der Waals surface area contributed by atoms with E-state index in [1.54, 1.807) is 55.5 Å². The van der Waals surface area contributed by atoms with Crippen LogP contribution in [0.15, 0.2) is 54.7 Å². The number of anilines is 2. The smallest absolute Gasteiger partial charge is 0.323 e. The summed E-state index contributed by atoms with van der Waals surface area (Å²) in [7, 11) is 0. The fraction of sp³-hybridized carbons (Fsp3) is 0.174. The molecule has 0 aliphatic rings. The quantitative estimate of drug-likeness (QED) is 0.428. The summed E-state index contributed by atoms with van der Waals surface area (Å²) in [5, 5.41) is 15.5. The van der Waals surface area contributed by atoms with Crippen LogP contribution in [0.5, 0.6) is 17.4 Å². The zero-order valence-corrected chi connectivity index (χ0v) is 17.5. The molecule has 2 aromatic carbocycles. The molecule has 3 aromatic rings. The molecule has 0 atom stereocenters. The molecule has 0 aliphatic carbocycles. The number of aromatic nitrogens is 1. The van der Waals surface area contributed by atoms with Crippen molar-refractivity contribution < 1.29 is 19.4 Å². The van der Waals surface area contributed by atoms with Gasteiger partial charge >= 0.3 is 6.03 Å². The van der Waals surface area contributed by atoms with E-state index in [0.717, 1.165) is 11.1 Å². The summed E-state index contributed by atoms with van der Waals surface area (Å²) in [6.45, 7) is 5.73. The summed E-state index contributed by atoms with van der Waals surface area (Å²) in [6.07, 6.45) is 1.44. The highest BCUT2D eigenvalue weighted by Gasteiger charge is 2.13. The first-order valence-electron chi connectivity index (χ1n) is 9.69. The summed E-state index contributed by atoms with van der Waals surface area (Å²) in [5.41, 5.74) is 8.15. The number of urea groups is 1. The lowest BCUT2D eigenvalue weighted by molar-refractivity contribution is 0.0998. The molecule has 31 heavy (non-hydrogen) atoms. The second-order valence-corrected chi connectivity index (χ2v) is 7.31. The SMILES string of the molecule is Cc1cc(O)c(C(C)C)cc1NC(=O)Nc1ccc(Oc2ccccc2C(N)=O)nc1. The number of amides is 3. The molecule has 1 heterocycles. The van der Waals surface area contributed by atoms with Crippen molar-refractivity contribution in [3.63, 3.8) is 0 Å². The minimum absolute atomic E-state index is 0.112. The first-order valence-corrected chi connectivity index (χ1v) is 9.69. The fourth-order valence-electron chi connectivity index (χ4n) is 2.98. The second kappa shape index (κ2) is 9.17. The van der Waals surface area contributed by atoms with Gasteiger partial charge in [-0.05, 0) is 54.3 Å². The van der Waals surface area contributed by atoms with Crippen molar-refractivity contribution in [3.05, 3.63) is 71.4 Å². The van der Waals surface area contributed by atoms with Crippen molar-refractivity contribution in [3.8, 4) is 17.4 Å². The first kappa shape index (κ1) is 21.6. The Balaban J connectivity index is 1.67. The van der Waals surface area contributed by atoms with Gasteiger partial charge in [0.2, 0.25) is 5.88 Å². The molecule has 0 spiro atoms. The predicted octanol–water partition coefficient (Wildman–Crippen LogP) is 4.75. The fourth-order valence-corrected chi connectivity index (χ4v) is 2.98. The number of para-hydroxylation sites is 1. The highest BCUT2D eigenvalue weighted by atomic mass is 16.5. The van der Waals surface area contributed by atoms with Crippen molar-refractivity contribution in [2.45, 2.75) is 26.7 Å². The normalized spacial score (nSPS) is 10.6. The number of ether oxygens (including phenoxy) is 1. The third-order valence-corrected chi connectivity index (χ3v) is 4.61. The average Bonchev–Trinajstić information content (AvgIpc) is 2.71. The molecule has 1 aromatic heterocycles. The highest BCUT2D eigenvalue weighted by Crippen LogP contribution is 2.31. The number of carbonyl (C=O) groups excluding carboxylic acids is 2. The van der Waals surface area contributed by atoms with Gasteiger partial charge < -0.3 is 26.2 Å². The number of nitrogens with zero attached hydrogens (tertiary/aromatic N) is 1. The van der Waals surface area contributed by atoms with Crippen molar-refractivity contribution in [2.75, 3.05) is 10.6 Å². The van der Waals surface area contributed by atoms with Crippen LogP contribution in [0, 0.1) is 6.92 Å². The highest BCUT2D eigenvalue weighted by molar-refractivity contribution is 6.00. The lowest BCUT2D eigenvalue weighted by atomic mass is 9.99. The molecule has 0 saturated carbocycles. The van der Waals surface area contributed by atoms with Crippen LogP contribution in [0.3, 0.4) is 0 Å². The topological polar surface area (TPSA) is 127 Å². The van der Waals surface area contributed by atoms with E-state index < -0.39 is 11.9 Å². The van der Waals surface area contributed by atoms with Gasteiger partial charge in [-0.2, -0.15) is 0 Å². The largest absolute Gasteiger partial charge is 0.508 e. The van der Waals surface area contributed by atoms with E-state index in [1.807, 2.05) is 13.8 Å².